The van der Waals surface area contributed by atoms with Crippen molar-refractivity contribution in [2.24, 2.45) is 0 Å². The number of carbonyl (C=O) groups is 1. The molecule has 2 aromatic heterocycles. The van der Waals surface area contributed by atoms with E-state index in [2.05, 4.69) is 20.0 Å². The molecule has 0 N–H and O–H groups in total. The molecule has 2 saturated heterocycles. The van der Waals surface area contributed by atoms with Crippen LogP contribution >= 0.6 is 0 Å². The minimum absolute atomic E-state index is 0.215. The van der Waals surface area contributed by atoms with E-state index in [9.17, 15) is 4.79 Å². The molecule has 136 valence electrons. The van der Waals surface area contributed by atoms with Crippen molar-refractivity contribution in [2.75, 3.05) is 24.5 Å². The van der Waals surface area contributed by atoms with Gasteiger partial charge in [-0.1, -0.05) is 0 Å². The van der Waals surface area contributed by atoms with Gasteiger partial charge in [0.05, 0.1) is 17.9 Å². The van der Waals surface area contributed by atoms with Crippen molar-refractivity contribution in [1.82, 2.24) is 24.6 Å². The van der Waals surface area contributed by atoms with Gasteiger partial charge in [-0.3, -0.25) is 14.4 Å². The Bertz CT molecular complexity index is 797. The number of amides is 1. The Morgan fingerprint density at radius 1 is 1.08 bits per heavy atom. The van der Waals surface area contributed by atoms with Crippen LogP contribution in [0.1, 0.15) is 55.5 Å². The second kappa shape index (κ2) is 6.46. The van der Waals surface area contributed by atoms with Crippen molar-refractivity contribution >= 4 is 11.6 Å². The summed E-state index contributed by atoms with van der Waals surface area (Å²) in [6, 6.07) is 0.369. The van der Waals surface area contributed by atoms with E-state index < -0.39 is 0 Å². The number of likely N-dealkylation sites (tertiary alicyclic amines) is 1. The van der Waals surface area contributed by atoms with Gasteiger partial charge in [0, 0.05) is 62.7 Å². The van der Waals surface area contributed by atoms with E-state index in [-0.39, 0.29) is 5.91 Å². The molecular formula is C19H24N6O. The molecular weight excluding hydrogens is 328 g/mol. The predicted molar refractivity (Wildman–Crippen MR) is 96.8 cm³/mol. The molecule has 1 aliphatic carbocycles. The fourth-order valence-electron chi connectivity index (χ4n) is 4.02. The Morgan fingerprint density at radius 3 is 2.65 bits per heavy atom. The highest BCUT2D eigenvalue weighted by Gasteiger charge is 2.28. The van der Waals surface area contributed by atoms with Crippen molar-refractivity contribution in [3.05, 3.63) is 36.2 Å². The van der Waals surface area contributed by atoms with Crippen molar-refractivity contribution in [2.45, 2.75) is 50.6 Å². The first-order valence-corrected chi connectivity index (χ1v) is 9.64. The minimum Gasteiger partial charge on any atom is -0.309 e. The number of carbonyl (C=O) groups excluding carboxylic acids is 1. The van der Waals surface area contributed by atoms with Crippen LogP contribution in [0.5, 0.6) is 0 Å². The lowest BCUT2D eigenvalue weighted by atomic mass is 10.3. The molecule has 1 saturated carbocycles. The van der Waals surface area contributed by atoms with E-state index in [1.807, 2.05) is 34.4 Å². The molecule has 26 heavy (non-hydrogen) atoms. The molecule has 3 fully saturated rings. The van der Waals surface area contributed by atoms with Gasteiger partial charge in [-0.25, -0.2) is 9.97 Å². The van der Waals surface area contributed by atoms with Crippen LogP contribution in [0.4, 0.5) is 5.69 Å². The molecule has 7 heteroatoms. The molecule has 7 nitrogen and oxygen atoms in total. The zero-order valence-electron chi connectivity index (χ0n) is 14.9. The van der Waals surface area contributed by atoms with Gasteiger partial charge in [0.1, 0.15) is 5.82 Å². The quantitative estimate of drug-likeness (QED) is 0.825. The Labute approximate surface area is 153 Å². The van der Waals surface area contributed by atoms with Crippen LogP contribution in [0, 0.1) is 0 Å². The monoisotopic (exact) mass is 352 g/mol. The lowest BCUT2D eigenvalue weighted by Gasteiger charge is -2.16. The summed E-state index contributed by atoms with van der Waals surface area (Å²) in [5.41, 5.74) is 2.12. The van der Waals surface area contributed by atoms with Crippen LogP contribution in [-0.4, -0.2) is 50.2 Å². The van der Waals surface area contributed by atoms with Crippen molar-refractivity contribution in [3.63, 3.8) is 0 Å². The number of rotatable bonds is 5. The summed E-state index contributed by atoms with van der Waals surface area (Å²) in [4.78, 5) is 25.2. The van der Waals surface area contributed by atoms with Gasteiger partial charge < -0.3 is 4.90 Å². The fourth-order valence-corrected chi connectivity index (χ4v) is 4.02. The highest BCUT2D eigenvalue weighted by molar-refractivity contribution is 5.95. The molecule has 1 atom stereocenters. The topological polar surface area (TPSA) is 67.2 Å². The maximum absolute atomic E-state index is 11.9. The predicted octanol–water partition coefficient (Wildman–Crippen LogP) is 2.12. The van der Waals surface area contributed by atoms with E-state index in [0.29, 0.717) is 18.4 Å². The number of nitrogens with zero attached hydrogens (tertiary/aromatic N) is 6. The van der Waals surface area contributed by atoms with Crippen molar-refractivity contribution in [3.8, 4) is 0 Å². The molecule has 0 aromatic carbocycles. The first-order valence-electron chi connectivity index (χ1n) is 9.64. The number of hydrogen-bond donors (Lipinski definition) is 0. The normalized spacial score (nSPS) is 23.9. The van der Waals surface area contributed by atoms with Crippen LogP contribution in [0.15, 0.2) is 24.8 Å². The lowest BCUT2D eigenvalue weighted by molar-refractivity contribution is -0.117. The van der Waals surface area contributed by atoms with Gasteiger partial charge in [0.25, 0.3) is 0 Å². The molecule has 0 spiro atoms. The maximum atomic E-state index is 11.9. The van der Waals surface area contributed by atoms with Gasteiger partial charge in [-0.2, -0.15) is 5.10 Å². The zero-order valence-corrected chi connectivity index (χ0v) is 14.9. The van der Waals surface area contributed by atoms with Gasteiger partial charge in [-0.15, -0.1) is 0 Å². The number of anilines is 1. The minimum atomic E-state index is 0.215. The molecule has 4 heterocycles. The summed E-state index contributed by atoms with van der Waals surface area (Å²) in [5.74, 6) is 1.83. The van der Waals surface area contributed by atoms with Gasteiger partial charge in [0.15, 0.2) is 0 Å². The average Bonchev–Trinajstić information content (AvgIpc) is 3.03. The summed E-state index contributed by atoms with van der Waals surface area (Å²) in [5, 5.41) is 4.53. The SMILES string of the molecule is O=C1CCCN1c1cnn(C2CCN(Cc3cnc(C4CC4)nc3)C2)c1. The van der Waals surface area contributed by atoms with Crippen LogP contribution in [0.3, 0.4) is 0 Å². The Morgan fingerprint density at radius 2 is 1.92 bits per heavy atom. The van der Waals surface area contributed by atoms with E-state index in [0.717, 1.165) is 50.5 Å². The van der Waals surface area contributed by atoms with E-state index in [1.54, 1.807) is 0 Å². The zero-order chi connectivity index (χ0) is 17.5. The fraction of sp³-hybridized carbons (Fsp3) is 0.579. The third kappa shape index (κ3) is 3.11. The van der Waals surface area contributed by atoms with Gasteiger partial charge in [-0.05, 0) is 25.7 Å². The molecule has 3 aliphatic rings. The Balaban J connectivity index is 1.20. The summed E-state index contributed by atoms with van der Waals surface area (Å²) < 4.78 is 2.04. The number of hydrogen-bond acceptors (Lipinski definition) is 5. The van der Waals surface area contributed by atoms with Crippen LogP contribution in [-0.2, 0) is 11.3 Å². The first kappa shape index (κ1) is 15.9. The smallest absolute Gasteiger partial charge is 0.227 e. The molecule has 2 aliphatic heterocycles. The summed E-state index contributed by atoms with van der Waals surface area (Å²) in [6.07, 6.45) is 13.0. The van der Waals surface area contributed by atoms with E-state index in [1.165, 1.54) is 18.4 Å². The second-order valence-electron chi connectivity index (χ2n) is 7.73. The molecule has 1 unspecified atom stereocenters. The third-order valence-corrected chi connectivity index (χ3v) is 5.67. The molecule has 2 aromatic rings. The van der Waals surface area contributed by atoms with Crippen LogP contribution in [0.25, 0.3) is 0 Å². The molecule has 5 rings (SSSR count). The molecule has 1 amide bonds. The molecule has 0 radical (unpaired) electrons. The van der Waals surface area contributed by atoms with E-state index in [4.69, 9.17) is 0 Å². The molecule has 0 bridgehead atoms. The number of aromatic nitrogens is 4. The van der Waals surface area contributed by atoms with Crippen LogP contribution in [0.2, 0.25) is 0 Å². The third-order valence-electron chi connectivity index (χ3n) is 5.67. The maximum Gasteiger partial charge on any atom is 0.227 e. The summed E-state index contributed by atoms with van der Waals surface area (Å²) in [7, 11) is 0. The van der Waals surface area contributed by atoms with Crippen molar-refractivity contribution in [1.29, 1.82) is 0 Å². The van der Waals surface area contributed by atoms with Crippen molar-refractivity contribution < 1.29 is 4.79 Å². The largest absolute Gasteiger partial charge is 0.309 e. The highest BCUT2D eigenvalue weighted by atomic mass is 16.2. The standard InChI is InChI=1S/C19H24N6O/c26-18-2-1-6-24(18)17-10-22-25(13-17)16-5-7-23(12-16)11-14-8-20-19(21-9-14)15-3-4-15/h8-10,13,15-16H,1-7,11-12H2. The summed E-state index contributed by atoms with van der Waals surface area (Å²) >= 11 is 0. The second-order valence-corrected chi connectivity index (χ2v) is 7.73. The lowest BCUT2D eigenvalue weighted by Crippen LogP contribution is -2.23. The average molecular weight is 352 g/mol. The Kier molecular flexibility index (Phi) is 3.96. The van der Waals surface area contributed by atoms with Gasteiger partial charge >= 0.3 is 0 Å². The van der Waals surface area contributed by atoms with Gasteiger partial charge in [0.2, 0.25) is 5.91 Å². The van der Waals surface area contributed by atoms with Crippen LogP contribution < -0.4 is 4.90 Å². The summed E-state index contributed by atoms with van der Waals surface area (Å²) in [6.45, 7) is 3.73. The highest BCUT2D eigenvalue weighted by Crippen LogP contribution is 2.37. The Hall–Kier alpha value is -2.28. The van der Waals surface area contributed by atoms with E-state index >= 15 is 0 Å². The first-order chi connectivity index (χ1) is 12.8.